The summed E-state index contributed by atoms with van der Waals surface area (Å²) in [5, 5.41) is 9.72. The lowest BCUT2D eigenvalue weighted by molar-refractivity contribution is 0.0702. The third-order valence-electron chi connectivity index (χ3n) is 1.82. The van der Waals surface area contributed by atoms with E-state index in [9.17, 15) is 4.79 Å². The summed E-state index contributed by atoms with van der Waals surface area (Å²) >= 11 is 1.27. The number of aromatic nitrogens is 1. The van der Waals surface area contributed by atoms with E-state index >= 15 is 0 Å². The van der Waals surface area contributed by atoms with Crippen LogP contribution in [0.3, 0.4) is 0 Å². The van der Waals surface area contributed by atoms with Crippen molar-refractivity contribution in [1.82, 2.24) is 4.98 Å². The molecule has 0 aliphatic heterocycles. The number of hydrogen-bond acceptors (Lipinski definition) is 3. The largest absolute Gasteiger partial charge is 0.477 e. The number of fused-ring (bicyclic) bond motifs is 1. The zero-order chi connectivity index (χ0) is 9.42. The van der Waals surface area contributed by atoms with Crippen LogP contribution >= 0.6 is 11.3 Å². The molecule has 0 saturated heterocycles. The molecule has 0 saturated carbocycles. The van der Waals surface area contributed by atoms with Gasteiger partial charge in [-0.2, -0.15) is 0 Å². The van der Waals surface area contributed by atoms with Gasteiger partial charge in [0.15, 0.2) is 0 Å². The molecule has 3 nitrogen and oxygen atoms in total. The smallest absolute Gasteiger partial charge is 0.345 e. The molecule has 0 atom stereocenters. The van der Waals surface area contributed by atoms with E-state index in [4.69, 9.17) is 5.11 Å². The van der Waals surface area contributed by atoms with Gasteiger partial charge in [0.05, 0.1) is 10.4 Å². The van der Waals surface area contributed by atoms with E-state index in [1.54, 1.807) is 12.3 Å². The summed E-state index contributed by atoms with van der Waals surface area (Å²) in [4.78, 5) is 15.1. The molecule has 4 heteroatoms. The van der Waals surface area contributed by atoms with E-state index in [-0.39, 0.29) is 0 Å². The van der Waals surface area contributed by atoms with Gasteiger partial charge in [0, 0.05) is 6.20 Å². The zero-order valence-corrected chi connectivity index (χ0v) is 7.76. The van der Waals surface area contributed by atoms with E-state index in [0.29, 0.717) is 4.88 Å². The molecule has 66 valence electrons. The molecule has 0 fully saturated rings. The lowest BCUT2D eigenvalue weighted by atomic mass is 10.2. The van der Waals surface area contributed by atoms with Gasteiger partial charge < -0.3 is 5.11 Å². The van der Waals surface area contributed by atoms with Crippen molar-refractivity contribution < 1.29 is 9.90 Å². The van der Waals surface area contributed by atoms with Crippen LogP contribution in [0.5, 0.6) is 0 Å². The highest BCUT2D eigenvalue weighted by atomic mass is 32.1. The maximum Gasteiger partial charge on any atom is 0.345 e. The Balaban J connectivity index is 2.75. The van der Waals surface area contributed by atoms with E-state index in [2.05, 4.69) is 4.98 Å². The predicted molar refractivity (Wildman–Crippen MR) is 51.3 cm³/mol. The quantitative estimate of drug-likeness (QED) is 0.756. The second-order valence-corrected chi connectivity index (χ2v) is 3.78. The molecule has 2 heterocycles. The second-order valence-electron chi connectivity index (χ2n) is 2.73. The van der Waals surface area contributed by atoms with Crippen molar-refractivity contribution in [1.29, 1.82) is 0 Å². The van der Waals surface area contributed by atoms with E-state index < -0.39 is 5.97 Å². The van der Waals surface area contributed by atoms with Crippen LogP contribution in [0.4, 0.5) is 0 Å². The molecule has 0 aliphatic carbocycles. The lowest BCUT2D eigenvalue weighted by Gasteiger charge is -1.90. The summed E-state index contributed by atoms with van der Waals surface area (Å²) in [6, 6.07) is 3.50. The minimum Gasteiger partial charge on any atom is -0.477 e. The number of nitrogens with zero attached hydrogens (tertiary/aromatic N) is 1. The highest BCUT2D eigenvalue weighted by molar-refractivity contribution is 7.20. The minimum atomic E-state index is -0.874. The van der Waals surface area contributed by atoms with Crippen LogP contribution in [0.2, 0.25) is 0 Å². The molecular weight excluding hydrogens is 186 g/mol. The number of carboxylic acid groups (broad SMARTS) is 1. The fraction of sp³-hybridized carbons (Fsp3) is 0.111. The Kier molecular flexibility index (Phi) is 1.77. The summed E-state index contributed by atoms with van der Waals surface area (Å²) in [5.41, 5.74) is 0.884. The molecule has 0 spiro atoms. The van der Waals surface area contributed by atoms with E-state index in [0.717, 1.165) is 15.8 Å². The summed E-state index contributed by atoms with van der Waals surface area (Å²) in [5.74, 6) is -0.874. The van der Waals surface area contributed by atoms with Crippen molar-refractivity contribution in [3.8, 4) is 0 Å². The SMILES string of the molecule is Cc1nccc2cc(C(=O)O)sc12. The molecule has 2 rings (SSSR count). The van der Waals surface area contributed by atoms with Gasteiger partial charge in [-0.25, -0.2) is 4.79 Å². The highest BCUT2D eigenvalue weighted by Gasteiger charge is 2.09. The van der Waals surface area contributed by atoms with Crippen molar-refractivity contribution in [3.63, 3.8) is 0 Å². The molecule has 1 N–H and O–H groups in total. The third kappa shape index (κ3) is 1.29. The monoisotopic (exact) mass is 193 g/mol. The van der Waals surface area contributed by atoms with Gasteiger partial charge in [0.1, 0.15) is 4.88 Å². The number of aromatic carboxylic acids is 1. The van der Waals surface area contributed by atoms with Gasteiger partial charge >= 0.3 is 5.97 Å². The molecule has 0 unspecified atom stereocenters. The van der Waals surface area contributed by atoms with Crippen LogP contribution in [0.25, 0.3) is 10.1 Å². The summed E-state index contributed by atoms with van der Waals surface area (Å²) in [7, 11) is 0. The Labute approximate surface area is 78.7 Å². The first-order valence-electron chi connectivity index (χ1n) is 3.77. The van der Waals surface area contributed by atoms with Crippen LogP contribution < -0.4 is 0 Å². The fourth-order valence-electron chi connectivity index (χ4n) is 1.21. The van der Waals surface area contributed by atoms with Gasteiger partial charge in [-0.15, -0.1) is 11.3 Å². The van der Waals surface area contributed by atoms with E-state index in [1.165, 1.54) is 11.3 Å². The number of carbonyl (C=O) groups is 1. The number of thiophene rings is 1. The Morgan fingerprint density at radius 3 is 3.00 bits per heavy atom. The average molecular weight is 193 g/mol. The number of aryl methyl sites for hydroxylation is 1. The summed E-state index contributed by atoms with van der Waals surface area (Å²) in [6.45, 7) is 1.88. The number of carboxylic acids is 1. The maximum atomic E-state index is 10.7. The highest BCUT2D eigenvalue weighted by Crippen LogP contribution is 2.26. The van der Waals surface area contributed by atoms with Gasteiger partial charge in [-0.1, -0.05) is 0 Å². The second kappa shape index (κ2) is 2.81. The van der Waals surface area contributed by atoms with Crippen molar-refractivity contribution >= 4 is 27.4 Å². The molecule has 0 aromatic carbocycles. The van der Waals surface area contributed by atoms with Crippen LogP contribution in [-0.2, 0) is 0 Å². The van der Waals surface area contributed by atoms with Crippen LogP contribution in [-0.4, -0.2) is 16.1 Å². The van der Waals surface area contributed by atoms with Gasteiger partial charge in [0.25, 0.3) is 0 Å². The molecule has 13 heavy (non-hydrogen) atoms. The molecule has 0 bridgehead atoms. The first-order chi connectivity index (χ1) is 6.18. The summed E-state index contributed by atoms with van der Waals surface area (Å²) in [6.07, 6.45) is 1.69. The van der Waals surface area contributed by atoms with Gasteiger partial charge in [0.2, 0.25) is 0 Å². The number of rotatable bonds is 1. The van der Waals surface area contributed by atoms with Crippen molar-refractivity contribution in [2.75, 3.05) is 0 Å². The molecule has 0 amide bonds. The average Bonchev–Trinajstić information content (AvgIpc) is 2.49. The third-order valence-corrected chi connectivity index (χ3v) is 3.07. The first kappa shape index (κ1) is 8.19. The fourth-order valence-corrected chi connectivity index (χ4v) is 2.14. The Morgan fingerprint density at radius 2 is 2.38 bits per heavy atom. The van der Waals surface area contributed by atoms with Crippen LogP contribution in [0.15, 0.2) is 18.3 Å². The topological polar surface area (TPSA) is 50.2 Å². The van der Waals surface area contributed by atoms with Crippen molar-refractivity contribution in [2.45, 2.75) is 6.92 Å². The maximum absolute atomic E-state index is 10.7. The minimum absolute atomic E-state index is 0.367. The Hall–Kier alpha value is -1.42. The molecular formula is C9H7NO2S. The molecule has 0 radical (unpaired) electrons. The first-order valence-corrected chi connectivity index (χ1v) is 4.58. The predicted octanol–water partition coefficient (Wildman–Crippen LogP) is 2.30. The number of hydrogen-bond donors (Lipinski definition) is 1. The number of pyridine rings is 1. The van der Waals surface area contributed by atoms with Crippen LogP contribution in [0.1, 0.15) is 15.4 Å². The van der Waals surface area contributed by atoms with Crippen molar-refractivity contribution in [3.05, 3.63) is 28.9 Å². The van der Waals surface area contributed by atoms with E-state index in [1.807, 2.05) is 13.0 Å². The van der Waals surface area contributed by atoms with Gasteiger partial charge in [-0.3, -0.25) is 4.98 Å². The Bertz CT molecular complexity index is 475. The molecule has 0 aliphatic rings. The molecule has 2 aromatic rings. The normalized spacial score (nSPS) is 10.5. The Morgan fingerprint density at radius 1 is 1.62 bits per heavy atom. The standard InChI is InChI=1S/C9H7NO2S/c1-5-8-6(2-3-10-5)4-7(13-8)9(11)12/h2-4H,1H3,(H,11,12). The summed E-state index contributed by atoms with van der Waals surface area (Å²) < 4.78 is 0.958. The molecule has 2 aromatic heterocycles. The lowest BCUT2D eigenvalue weighted by Crippen LogP contribution is -1.89. The van der Waals surface area contributed by atoms with Gasteiger partial charge in [-0.05, 0) is 24.4 Å². The zero-order valence-electron chi connectivity index (χ0n) is 6.94. The van der Waals surface area contributed by atoms with Crippen LogP contribution in [0, 0.1) is 6.92 Å². The van der Waals surface area contributed by atoms with Crippen molar-refractivity contribution in [2.24, 2.45) is 0 Å².